The summed E-state index contributed by atoms with van der Waals surface area (Å²) in [5.74, 6) is 0. The number of hydrogen-bond acceptors (Lipinski definition) is 1. The highest BCUT2D eigenvalue weighted by Crippen LogP contribution is 2.28. The molecule has 0 amide bonds. The molecule has 12 heavy (non-hydrogen) atoms. The predicted molar refractivity (Wildman–Crippen MR) is 53.9 cm³/mol. The molecule has 3 heteroatoms. The van der Waals surface area contributed by atoms with Crippen LogP contribution < -0.4 is 0 Å². The van der Waals surface area contributed by atoms with Crippen LogP contribution in [-0.2, 0) is 5.33 Å². The van der Waals surface area contributed by atoms with Crippen LogP contribution in [0, 0.1) is 0 Å². The first-order valence-electron chi connectivity index (χ1n) is 3.53. The lowest BCUT2D eigenvalue weighted by Gasteiger charge is -1.97. The highest BCUT2D eigenvalue weighted by atomic mass is 79.9. The Hall–Kier alpha value is -0.470. The van der Waals surface area contributed by atoms with E-state index in [4.69, 9.17) is 16.0 Å². The van der Waals surface area contributed by atoms with Crippen molar-refractivity contribution in [2.75, 3.05) is 0 Å². The van der Waals surface area contributed by atoms with Gasteiger partial charge in [0, 0.05) is 16.3 Å². The van der Waals surface area contributed by atoms with Crippen LogP contribution in [0.5, 0.6) is 0 Å². The zero-order valence-corrected chi connectivity index (χ0v) is 8.52. The lowest BCUT2D eigenvalue weighted by atomic mass is 10.2. The quantitative estimate of drug-likeness (QED) is 0.693. The molecule has 0 unspecified atom stereocenters. The summed E-state index contributed by atoms with van der Waals surface area (Å²) >= 11 is 9.34. The minimum absolute atomic E-state index is 0.739. The van der Waals surface area contributed by atoms with Crippen LogP contribution in [0.1, 0.15) is 5.56 Å². The lowest BCUT2D eigenvalue weighted by molar-refractivity contribution is 0.613. The standard InChI is InChI=1S/C9H6BrClO/c10-5-6-1-2-8(11)7-3-4-12-9(6)7/h1-4H,5H2. The van der Waals surface area contributed by atoms with Gasteiger partial charge in [-0.15, -0.1) is 0 Å². The van der Waals surface area contributed by atoms with Crippen molar-refractivity contribution in [3.63, 3.8) is 0 Å². The van der Waals surface area contributed by atoms with Crippen molar-refractivity contribution < 1.29 is 4.42 Å². The average Bonchev–Trinajstić information content (AvgIpc) is 2.54. The van der Waals surface area contributed by atoms with Crippen LogP contribution in [0.25, 0.3) is 11.0 Å². The van der Waals surface area contributed by atoms with Crippen LogP contribution in [0.2, 0.25) is 5.02 Å². The first kappa shape index (κ1) is 8.14. The number of halogens is 2. The zero-order chi connectivity index (χ0) is 8.55. The molecule has 0 saturated carbocycles. The lowest BCUT2D eigenvalue weighted by Crippen LogP contribution is -1.77. The van der Waals surface area contributed by atoms with Gasteiger partial charge in [0.2, 0.25) is 0 Å². The normalized spacial score (nSPS) is 10.8. The Morgan fingerprint density at radius 3 is 2.92 bits per heavy atom. The Morgan fingerprint density at radius 1 is 1.33 bits per heavy atom. The maximum atomic E-state index is 5.95. The smallest absolute Gasteiger partial charge is 0.139 e. The van der Waals surface area contributed by atoms with Crippen molar-refractivity contribution >= 4 is 38.5 Å². The average molecular weight is 246 g/mol. The number of rotatable bonds is 1. The van der Waals surface area contributed by atoms with Crippen molar-refractivity contribution in [1.29, 1.82) is 0 Å². The molecule has 0 bridgehead atoms. The summed E-state index contributed by atoms with van der Waals surface area (Å²) < 4.78 is 5.31. The maximum Gasteiger partial charge on any atom is 0.139 e. The Kier molecular flexibility index (Phi) is 2.11. The van der Waals surface area contributed by atoms with Gasteiger partial charge in [-0.2, -0.15) is 0 Å². The van der Waals surface area contributed by atoms with Gasteiger partial charge >= 0.3 is 0 Å². The van der Waals surface area contributed by atoms with E-state index >= 15 is 0 Å². The second-order valence-corrected chi connectivity index (χ2v) is 3.47. The number of fused-ring (bicyclic) bond motifs is 1. The summed E-state index contributed by atoms with van der Waals surface area (Å²) in [5.41, 5.74) is 2.00. The molecule has 2 aromatic rings. The molecule has 2 rings (SSSR count). The molecule has 0 atom stereocenters. The van der Waals surface area contributed by atoms with E-state index in [1.54, 1.807) is 6.26 Å². The number of alkyl halides is 1. The van der Waals surface area contributed by atoms with Crippen molar-refractivity contribution in [2.24, 2.45) is 0 Å². The van der Waals surface area contributed by atoms with Gasteiger partial charge in [0.05, 0.1) is 11.3 Å². The molecule has 62 valence electrons. The van der Waals surface area contributed by atoms with Crippen LogP contribution >= 0.6 is 27.5 Å². The van der Waals surface area contributed by atoms with E-state index in [2.05, 4.69) is 15.9 Å². The van der Waals surface area contributed by atoms with E-state index in [-0.39, 0.29) is 0 Å². The SMILES string of the molecule is Clc1ccc(CBr)c2occc12. The van der Waals surface area contributed by atoms with E-state index in [0.717, 1.165) is 26.9 Å². The third-order valence-electron chi connectivity index (χ3n) is 1.79. The molecule has 1 aromatic carbocycles. The number of furan rings is 1. The Labute approximate surface area is 83.4 Å². The van der Waals surface area contributed by atoms with E-state index in [9.17, 15) is 0 Å². The summed E-state index contributed by atoms with van der Waals surface area (Å²) in [6.07, 6.45) is 1.66. The Bertz CT molecular complexity index is 408. The fraction of sp³-hybridized carbons (Fsp3) is 0.111. The zero-order valence-electron chi connectivity index (χ0n) is 6.18. The molecule has 0 saturated heterocycles. The van der Waals surface area contributed by atoms with Gasteiger partial charge in [-0.3, -0.25) is 0 Å². The van der Waals surface area contributed by atoms with E-state index in [1.807, 2.05) is 18.2 Å². The van der Waals surface area contributed by atoms with Crippen LogP contribution in [-0.4, -0.2) is 0 Å². The van der Waals surface area contributed by atoms with Gasteiger partial charge in [0.1, 0.15) is 5.58 Å². The van der Waals surface area contributed by atoms with E-state index in [0.29, 0.717) is 0 Å². The molecule has 0 aliphatic carbocycles. The topological polar surface area (TPSA) is 13.1 Å². The third-order valence-corrected chi connectivity index (χ3v) is 2.72. The van der Waals surface area contributed by atoms with Gasteiger partial charge in [-0.05, 0) is 12.1 Å². The molecule has 0 N–H and O–H groups in total. The van der Waals surface area contributed by atoms with Crippen molar-refractivity contribution in [2.45, 2.75) is 5.33 Å². The summed E-state index contributed by atoms with van der Waals surface area (Å²) in [5, 5.41) is 2.51. The van der Waals surface area contributed by atoms with Crippen LogP contribution in [0.3, 0.4) is 0 Å². The van der Waals surface area contributed by atoms with Gasteiger partial charge in [0.15, 0.2) is 0 Å². The van der Waals surface area contributed by atoms with Crippen LogP contribution in [0.4, 0.5) is 0 Å². The summed E-state index contributed by atoms with van der Waals surface area (Å²) in [6, 6.07) is 5.72. The van der Waals surface area contributed by atoms with Crippen molar-refractivity contribution in [1.82, 2.24) is 0 Å². The molecule has 1 aromatic heterocycles. The summed E-state index contributed by atoms with van der Waals surface area (Å²) in [6.45, 7) is 0. The monoisotopic (exact) mass is 244 g/mol. The Balaban J connectivity index is 2.82. The van der Waals surface area contributed by atoms with Crippen molar-refractivity contribution in [3.8, 4) is 0 Å². The summed E-state index contributed by atoms with van der Waals surface area (Å²) in [4.78, 5) is 0. The van der Waals surface area contributed by atoms with E-state index < -0.39 is 0 Å². The van der Waals surface area contributed by atoms with Gasteiger partial charge in [-0.1, -0.05) is 33.6 Å². The molecule has 0 spiro atoms. The summed E-state index contributed by atoms with van der Waals surface area (Å²) in [7, 11) is 0. The molecule has 1 heterocycles. The Morgan fingerprint density at radius 2 is 2.17 bits per heavy atom. The molecule has 1 nitrogen and oxygen atoms in total. The fourth-order valence-corrected chi connectivity index (χ4v) is 1.84. The highest BCUT2D eigenvalue weighted by Gasteiger charge is 2.05. The molecular weight excluding hydrogens is 239 g/mol. The van der Waals surface area contributed by atoms with Gasteiger partial charge in [0.25, 0.3) is 0 Å². The van der Waals surface area contributed by atoms with Gasteiger partial charge < -0.3 is 4.42 Å². The largest absolute Gasteiger partial charge is 0.464 e. The molecular formula is C9H6BrClO. The minimum Gasteiger partial charge on any atom is -0.464 e. The van der Waals surface area contributed by atoms with Crippen molar-refractivity contribution in [3.05, 3.63) is 35.0 Å². The second kappa shape index (κ2) is 3.11. The molecule has 0 aliphatic heterocycles. The van der Waals surface area contributed by atoms with Crippen LogP contribution in [0.15, 0.2) is 28.9 Å². The minimum atomic E-state index is 0.739. The number of benzene rings is 1. The molecule has 0 fully saturated rings. The molecule has 0 aliphatic rings. The predicted octanol–water partition coefficient (Wildman–Crippen LogP) is 3.98. The first-order chi connectivity index (χ1) is 5.83. The van der Waals surface area contributed by atoms with E-state index in [1.165, 1.54) is 0 Å². The first-order valence-corrected chi connectivity index (χ1v) is 5.03. The highest BCUT2D eigenvalue weighted by molar-refractivity contribution is 9.08. The third kappa shape index (κ3) is 1.15. The second-order valence-electron chi connectivity index (χ2n) is 2.50. The fourth-order valence-electron chi connectivity index (χ4n) is 1.19. The molecule has 0 radical (unpaired) electrons. The number of hydrogen-bond donors (Lipinski definition) is 0. The maximum absolute atomic E-state index is 5.95. The van der Waals surface area contributed by atoms with Gasteiger partial charge in [-0.25, -0.2) is 0 Å².